The molecule has 12 nitrogen and oxygen atoms in total. The van der Waals surface area contributed by atoms with E-state index < -0.39 is 33.9 Å². The van der Waals surface area contributed by atoms with Gasteiger partial charge in [0.05, 0.1) is 41.0 Å². The van der Waals surface area contributed by atoms with Gasteiger partial charge in [-0.15, -0.1) is 0 Å². The molecule has 0 saturated carbocycles. The first-order valence-electron chi connectivity index (χ1n) is 16.2. The number of nitrogens with two attached hydrogens (primary N) is 1. The van der Waals surface area contributed by atoms with Crippen LogP contribution in [-0.2, 0) is 19.6 Å². The van der Waals surface area contributed by atoms with E-state index >= 15 is 0 Å². The average Bonchev–Trinajstić information content (AvgIpc) is 3.07. The van der Waals surface area contributed by atoms with E-state index in [0.717, 1.165) is 16.4 Å². The largest absolute Gasteiger partial charge is 0.488 e. The van der Waals surface area contributed by atoms with Crippen LogP contribution in [0.2, 0.25) is 0 Å². The molecule has 264 valence electrons. The minimum atomic E-state index is -3.98. The second kappa shape index (κ2) is 16.7. The number of amides is 3. The Balaban J connectivity index is 1.40. The molecule has 3 atom stereocenters. The van der Waals surface area contributed by atoms with Crippen molar-refractivity contribution in [2.45, 2.75) is 63.0 Å². The highest BCUT2D eigenvalue weighted by Gasteiger charge is 2.35. The molecule has 0 radical (unpaired) electrons. The van der Waals surface area contributed by atoms with Crippen molar-refractivity contribution in [2.24, 2.45) is 5.92 Å². The van der Waals surface area contributed by atoms with Gasteiger partial charge >= 0.3 is 0 Å². The number of likely N-dealkylation sites (N-methyl/N-ethyl adjacent to an activating group) is 1. The van der Waals surface area contributed by atoms with Crippen molar-refractivity contribution in [1.29, 1.82) is 0 Å². The molecule has 3 amide bonds. The number of nitrogens with one attached hydrogen (secondary N) is 2. The number of carbonyl (C=O) groups excluding carboxylic acids is 3. The van der Waals surface area contributed by atoms with E-state index in [1.165, 1.54) is 30.1 Å². The van der Waals surface area contributed by atoms with Crippen LogP contribution in [0.5, 0.6) is 5.75 Å². The summed E-state index contributed by atoms with van der Waals surface area (Å²) in [5.41, 5.74) is 7.45. The van der Waals surface area contributed by atoms with Crippen molar-refractivity contribution in [1.82, 2.24) is 9.21 Å². The third kappa shape index (κ3) is 9.77. The van der Waals surface area contributed by atoms with E-state index in [1.54, 1.807) is 43.3 Å². The fraction of sp³-hybridized carbons (Fsp3) is 0.400. The van der Waals surface area contributed by atoms with Gasteiger partial charge in [0, 0.05) is 38.0 Å². The molecular weight excluding hydrogens is 653 g/mol. The third-order valence-electron chi connectivity index (χ3n) is 8.45. The summed E-state index contributed by atoms with van der Waals surface area (Å²) in [6.45, 7) is 3.34. The topological polar surface area (TPSA) is 171 Å². The van der Waals surface area contributed by atoms with Crippen molar-refractivity contribution in [3.8, 4) is 5.75 Å². The van der Waals surface area contributed by atoms with Crippen molar-refractivity contribution in [3.63, 3.8) is 0 Å². The zero-order valence-electron chi connectivity index (χ0n) is 27.9. The van der Waals surface area contributed by atoms with Gasteiger partial charge in [0.2, 0.25) is 21.8 Å². The molecule has 0 unspecified atom stereocenters. The number of unbranched alkanes of at least 4 members (excludes halogenated alkanes) is 2. The molecule has 3 aromatic rings. The third-order valence-corrected chi connectivity index (χ3v) is 10.3. The summed E-state index contributed by atoms with van der Waals surface area (Å²) in [6.07, 6.45) is 1.59. The highest BCUT2D eigenvalue weighted by atomic mass is 32.2. The first kappa shape index (κ1) is 37.3. The number of aliphatic hydroxyl groups is 1. The van der Waals surface area contributed by atoms with E-state index in [1.807, 2.05) is 6.92 Å². The molecule has 5 N–H and O–H groups in total. The molecular formula is C35H44FN5O7S. The maximum absolute atomic E-state index is 13.8. The van der Waals surface area contributed by atoms with Crippen LogP contribution < -0.4 is 21.1 Å². The summed E-state index contributed by atoms with van der Waals surface area (Å²) < 4.78 is 47.4. The van der Waals surface area contributed by atoms with Crippen LogP contribution >= 0.6 is 0 Å². The summed E-state index contributed by atoms with van der Waals surface area (Å²) in [5, 5.41) is 15.5. The predicted molar refractivity (Wildman–Crippen MR) is 185 cm³/mol. The zero-order valence-corrected chi connectivity index (χ0v) is 28.7. The fourth-order valence-electron chi connectivity index (χ4n) is 5.45. The second-order valence-corrected chi connectivity index (χ2v) is 14.4. The van der Waals surface area contributed by atoms with E-state index in [9.17, 15) is 32.3 Å². The lowest BCUT2D eigenvalue weighted by molar-refractivity contribution is -0.116. The van der Waals surface area contributed by atoms with Gasteiger partial charge in [0.25, 0.3) is 5.91 Å². The van der Waals surface area contributed by atoms with Crippen LogP contribution in [-0.4, -0.2) is 79.3 Å². The molecule has 1 aliphatic rings. The molecule has 1 heterocycles. The number of hydrogen-bond donors (Lipinski definition) is 4. The molecule has 0 aliphatic carbocycles. The highest BCUT2D eigenvalue weighted by molar-refractivity contribution is 7.89. The second-order valence-electron chi connectivity index (χ2n) is 12.3. The molecule has 3 aromatic carbocycles. The van der Waals surface area contributed by atoms with E-state index in [-0.39, 0.29) is 60.1 Å². The predicted octanol–water partition coefficient (Wildman–Crippen LogP) is 4.48. The average molecular weight is 698 g/mol. The number of fused-ring (bicyclic) bond motifs is 1. The van der Waals surface area contributed by atoms with Crippen molar-refractivity contribution in [2.75, 3.05) is 43.1 Å². The van der Waals surface area contributed by atoms with Crippen molar-refractivity contribution < 1.29 is 37.0 Å². The van der Waals surface area contributed by atoms with E-state index in [2.05, 4.69) is 10.6 Å². The molecule has 14 heteroatoms. The van der Waals surface area contributed by atoms with Crippen LogP contribution in [0, 0.1) is 11.7 Å². The minimum Gasteiger partial charge on any atom is -0.488 e. The normalized spacial score (nSPS) is 17.0. The maximum atomic E-state index is 13.8. The number of carbonyl (C=O) groups is 3. The first-order valence-corrected chi connectivity index (χ1v) is 17.6. The first-order chi connectivity index (χ1) is 23.3. The molecule has 0 saturated heterocycles. The smallest absolute Gasteiger partial charge is 0.258 e. The lowest BCUT2D eigenvalue weighted by Crippen LogP contribution is -2.50. The van der Waals surface area contributed by atoms with Gasteiger partial charge in [-0.2, -0.15) is 4.31 Å². The lowest BCUT2D eigenvalue weighted by atomic mass is 9.99. The van der Waals surface area contributed by atoms with Gasteiger partial charge in [-0.3, -0.25) is 14.4 Å². The Bertz CT molecular complexity index is 1740. The lowest BCUT2D eigenvalue weighted by Gasteiger charge is -2.38. The van der Waals surface area contributed by atoms with Gasteiger partial charge in [-0.05, 0) is 74.4 Å². The van der Waals surface area contributed by atoms with Crippen LogP contribution in [0.1, 0.15) is 56.3 Å². The molecule has 4 rings (SSSR count). The highest BCUT2D eigenvalue weighted by Crippen LogP contribution is 2.31. The van der Waals surface area contributed by atoms with E-state index in [0.29, 0.717) is 42.7 Å². The van der Waals surface area contributed by atoms with Crippen LogP contribution in [0.15, 0.2) is 71.6 Å². The van der Waals surface area contributed by atoms with Crippen molar-refractivity contribution >= 4 is 44.8 Å². The Morgan fingerprint density at radius 2 is 1.69 bits per heavy atom. The Kier molecular flexibility index (Phi) is 12.7. The number of anilines is 3. The summed E-state index contributed by atoms with van der Waals surface area (Å²) in [4.78, 5) is 40.2. The number of benzene rings is 3. The molecule has 0 spiro atoms. The van der Waals surface area contributed by atoms with Gasteiger partial charge < -0.3 is 31.1 Å². The molecule has 49 heavy (non-hydrogen) atoms. The van der Waals surface area contributed by atoms with Gasteiger partial charge in [-0.25, -0.2) is 12.8 Å². The molecule has 0 bridgehead atoms. The van der Waals surface area contributed by atoms with Crippen LogP contribution in [0.25, 0.3) is 0 Å². The number of halogens is 1. The Labute approximate surface area is 286 Å². The standard InChI is InChI=1S/C35H44FN5O7S/c1-23-20-41(24(2)22-42)35(45)28-19-26(38-33(43)11-5-4-6-12-34(44)39-30-10-8-7-9-29(30)37)15-18-31(28)48-32(23)21-40(3)49(46,47)27-16-13-25(36)14-17-27/h7-10,13-19,23-24,32,42H,4-6,11-12,20-22,37H2,1-3H3,(H,38,43)(H,39,44)/t23-,24-,32-/m1/s1. The quantitative estimate of drug-likeness (QED) is 0.141. The molecule has 0 fully saturated rings. The summed E-state index contributed by atoms with van der Waals surface area (Å²) in [7, 11) is -2.57. The Morgan fingerprint density at radius 3 is 2.35 bits per heavy atom. The Morgan fingerprint density at radius 1 is 1.04 bits per heavy atom. The molecule has 1 aliphatic heterocycles. The number of para-hydroxylation sites is 2. The van der Waals surface area contributed by atoms with Gasteiger partial charge in [0.1, 0.15) is 17.7 Å². The summed E-state index contributed by atoms with van der Waals surface area (Å²) in [5.74, 6) is -1.52. The number of aliphatic hydroxyl groups excluding tert-OH is 1. The maximum Gasteiger partial charge on any atom is 0.258 e. The van der Waals surface area contributed by atoms with Crippen LogP contribution in [0.3, 0.4) is 0 Å². The Hall–Kier alpha value is -4.53. The number of rotatable bonds is 14. The number of sulfonamides is 1. The minimum absolute atomic E-state index is 0.0689. The number of nitrogens with zero attached hydrogens (tertiary/aromatic N) is 2. The fourth-order valence-corrected chi connectivity index (χ4v) is 6.63. The van der Waals surface area contributed by atoms with Crippen LogP contribution in [0.4, 0.5) is 21.5 Å². The zero-order chi connectivity index (χ0) is 35.7. The SMILES string of the molecule is C[C@@H]1CN([C@H](C)CO)C(=O)c2cc(NC(=O)CCCCCC(=O)Nc3ccccc3N)ccc2O[C@@H]1CN(C)S(=O)(=O)c1ccc(F)cc1. The number of ether oxygens (including phenoxy) is 1. The van der Waals surface area contributed by atoms with Gasteiger partial charge in [0.15, 0.2) is 0 Å². The van der Waals surface area contributed by atoms with Crippen molar-refractivity contribution in [3.05, 3.63) is 78.1 Å². The summed E-state index contributed by atoms with van der Waals surface area (Å²) in [6, 6.07) is 15.7. The van der Waals surface area contributed by atoms with Gasteiger partial charge in [-0.1, -0.05) is 25.5 Å². The number of nitrogen functional groups attached to an aromatic ring is 1. The monoisotopic (exact) mass is 697 g/mol. The number of hydrogen-bond acceptors (Lipinski definition) is 8. The van der Waals surface area contributed by atoms with E-state index in [4.69, 9.17) is 10.5 Å². The summed E-state index contributed by atoms with van der Waals surface area (Å²) >= 11 is 0. The molecule has 0 aromatic heterocycles.